The Balaban J connectivity index is 1.22. The highest BCUT2D eigenvalue weighted by atomic mass is 16.8. The van der Waals surface area contributed by atoms with E-state index in [0.717, 1.165) is 38.8 Å². The Hall–Kier alpha value is -1.16. The molecule has 3 aliphatic rings. The molecule has 48 heavy (non-hydrogen) atoms. The predicted octanol–water partition coefficient (Wildman–Crippen LogP) is 13.6. The van der Waals surface area contributed by atoms with Crippen LogP contribution in [0.15, 0.2) is 48.6 Å². The van der Waals surface area contributed by atoms with Gasteiger partial charge in [0.05, 0.1) is 0 Å². The quantitative estimate of drug-likeness (QED) is 0.0563. The van der Waals surface area contributed by atoms with Crippen LogP contribution in [0.3, 0.4) is 0 Å². The van der Waals surface area contributed by atoms with E-state index in [9.17, 15) is 0 Å². The molecule has 2 aliphatic heterocycles. The zero-order valence-corrected chi connectivity index (χ0v) is 32.3. The van der Waals surface area contributed by atoms with Crippen LogP contribution >= 0.6 is 0 Å². The minimum atomic E-state index is -0.243. The van der Waals surface area contributed by atoms with Gasteiger partial charge in [-0.05, 0) is 89.5 Å². The second-order valence-corrected chi connectivity index (χ2v) is 16.0. The lowest BCUT2D eigenvalue weighted by atomic mass is 9.59. The average molecular weight is 666 g/mol. The van der Waals surface area contributed by atoms with E-state index in [-0.39, 0.29) is 5.79 Å². The van der Waals surface area contributed by atoms with Crippen LogP contribution in [0.4, 0.5) is 0 Å². The van der Waals surface area contributed by atoms with Gasteiger partial charge in [0.25, 0.3) is 0 Å². The van der Waals surface area contributed by atoms with Gasteiger partial charge in [0.1, 0.15) is 12.2 Å². The van der Waals surface area contributed by atoms with Crippen molar-refractivity contribution in [2.45, 2.75) is 212 Å². The molecular formula is C45H79NO2. The summed E-state index contributed by atoms with van der Waals surface area (Å²) in [4.78, 5) is 2.36. The highest BCUT2D eigenvalue weighted by Gasteiger charge is 2.62. The molecule has 2 heterocycles. The van der Waals surface area contributed by atoms with Gasteiger partial charge in [0.2, 0.25) is 0 Å². The van der Waals surface area contributed by atoms with Gasteiger partial charge in [0, 0.05) is 25.9 Å². The van der Waals surface area contributed by atoms with Gasteiger partial charge in [-0.15, -0.1) is 0 Å². The first-order chi connectivity index (χ1) is 23.6. The van der Waals surface area contributed by atoms with Gasteiger partial charge in [-0.3, -0.25) is 0 Å². The van der Waals surface area contributed by atoms with E-state index in [1.165, 1.54) is 154 Å². The second-order valence-electron chi connectivity index (χ2n) is 16.0. The molecule has 0 aromatic heterocycles. The fourth-order valence-corrected chi connectivity index (χ4v) is 8.44. The molecule has 2 saturated heterocycles. The molecule has 3 heteroatoms. The Labute approximate surface area is 299 Å². The highest BCUT2D eigenvalue weighted by Crippen LogP contribution is 2.60. The summed E-state index contributed by atoms with van der Waals surface area (Å²) in [5, 5.41) is 0. The zero-order chi connectivity index (χ0) is 34.0. The fraction of sp³-hybridized carbons (Fsp3) is 0.822. The first-order valence-electron chi connectivity index (χ1n) is 21.2. The summed E-state index contributed by atoms with van der Waals surface area (Å²) in [5.74, 6) is -0.243. The summed E-state index contributed by atoms with van der Waals surface area (Å²) in [6, 6.07) is 0. The van der Waals surface area contributed by atoms with E-state index in [1.807, 2.05) is 0 Å². The summed E-state index contributed by atoms with van der Waals surface area (Å²) in [7, 11) is 2.19. The molecule has 0 radical (unpaired) electrons. The molecule has 276 valence electrons. The monoisotopic (exact) mass is 666 g/mol. The Morgan fingerprint density at radius 3 is 1.23 bits per heavy atom. The lowest BCUT2D eigenvalue weighted by molar-refractivity contribution is -0.281. The normalized spacial score (nSPS) is 26.0. The summed E-state index contributed by atoms with van der Waals surface area (Å²) in [6.07, 6.45) is 56.5. The van der Waals surface area contributed by atoms with E-state index in [1.54, 1.807) is 0 Å². The van der Waals surface area contributed by atoms with Crippen LogP contribution in [0, 0.1) is 5.41 Å². The van der Waals surface area contributed by atoms with Crippen molar-refractivity contribution in [3.63, 3.8) is 0 Å². The summed E-state index contributed by atoms with van der Waals surface area (Å²) in [5.41, 5.74) is 0.467. The van der Waals surface area contributed by atoms with Crippen LogP contribution in [-0.4, -0.2) is 43.0 Å². The van der Waals surface area contributed by atoms with Crippen molar-refractivity contribution < 1.29 is 9.47 Å². The van der Waals surface area contributed by atoms with Crippen LogP contribution in [0.1, 0.15) is 194 Å². The third kappa shape index (κ3) is 17.2. The first kappa shape index (κ1) is 41.3. The van der Waals surface area contributed by atoms with Crippen molar-refractivity contribution in [1.82, 2.24) is 4.90 Å². The number of likely N-dealkylation sites (tertiary alicyclic amines) is 1. The molecule has 0 amide bonds. The maximum absolute atomic E-state index is 6.62. The zero-order valence-electron chi connectivity index (χ0n) is 32.3. The van der Waals surface area contributed by atoms with E-state index >= 15 is 0 Å². The van der Waals surface area contributed by atoms with Gasteiger partial charge >= 0.3 is 0 Å². The number of likely N-dealkylation sites (N-methyl/N-ethyl adjacent to an activating group) is 1. The maximum atomic E-state index is 6.62. The Bertz CT molecular complexity index is 831. The summed E-state index contributed by atoms with van der Waals surface area (Å²) in [6.45, 7) is 6.63. The minimum absolute atomic E-state index is 0.243. The number of hydrogen-bond acceptors (Lipinski definition) is 3. The SMILES string of the molecule is CCCCCC=CCC=CCCCCCCCCC1(CCCCCCCCC=CCC=CCCCCC)CC2(C1)O[C@@H]1CN(C)C[C@H]1O2. The average Bonchev–Trinajstić information content (AvgIpc) is 3.58. The Morgan fingerprint density at radius 1 is 0.479 bits per heavy atom. The molecule has 1 aliphatic carbocycles. The number of rotatable bonds is 30. The number of hydrogen-bond donors (Lipinski definition) is 0. The van der Waals surface area contributed by atoms with Gasteiger partial charge in [0.15, 0.2) is 5.79 Å². The largest absolute Gasteiger partial charge is 0.343 e. The molecule has 1 saturated carbocycles. The number of fused-ring (bicyclic) bond motifs is 1. The summed E-state index contributed by atoms with van der Waals surface area (Å²) >= 11 is 0. The van der Waals surface area contributed by atoms with Crippen molar-refractivity contribution in [3.05, 3.63) is 48.6 Å². The molecule has 3 nitrogen and oxygen atoms in total. The topological polar surface area (TPSA) is 21.7 Å². The highest BCUT2D eigenvalue weighted by molar-refractivity contribution is 5.06. The minimum Gasteiger partial charge on any atom is -0.343 e. The number of unbranched alkanes of at least 4 members (excludes halogenated alkanes) is 18. The van der Waals surface area contributed by atoms with Gasteiger partial charge < -0.3 is 14.4 Å². The number of allylic oxidation sites excluding steroid dienone is 8. The Kier molecular flexibility index (Phi) is 22.1. The lowest BCUT2D eigenvalue weighted by Gasteiger charge is -2.54. The van der Waals surface area contributed by atoms with Gasteiger partial charge in [-0.1, -0.05) is 152 Å². The molecule has 0 unspecified atom stereocenters. The standard InChI is InChI=1S/C45H79NO2/c1-4-6-8-10-12-14-16-18-20-22-24-26-28-30-32-34-36-44(40-45(41-44)47-42-38-46(3)39-43(42)48-45)37-35-33-31-29-27-25-23-21-19-17-15-13-11-9-7-5-2/h12-15,18-21,42-43H,4-11,16-17,22-41H2,1-3H3/t42-,43-/m1/s1. The molecule has 3 rings (SSSR count). The molecule has 0 N–H and O–H groups in total. The first-order valence-corrected chi connectivity index (χ1v) is 21.2. The molecule has 0 aromatic carbocycles. The second kappa shape index (κ2) is 25.7. The lowest BCUT2D eigenvalue weighted by Crippen LogP contribution is -2.54. The van der Waals surface area contributed by atoms with E-state index in [0.29, 0.717) is 17.6 Å². The van der Waals surface area contributed by atoms with Crippen LogP contribution in [-0.2, 0) is 9.47 Å². The van der Waals surface area contributed by atoms with Gasteiger partial charge in [-0.2, -0.15) is 0 Å². The molecule has 0 aromatic rings. The van der Waals surface area contributed by atoms with Crippen molar-refractivity contribution in [3.8, 4) is 0 Å². The summed E-state index contributed by atoms with van der Waals surface area (Å²) < 4.78 is 13.2. The van der Waals surface area contributed by atoms with E-state index < -0.39 is 0 Å². The molecular weight excluding hydrogens is 587 g/mol. The van der Waals surface area contributed by atoms with Crippen LogP contribution < -0.4 is 0 Å². The van der Waals surface area contributed by atoms with E-state index in [4.69, 9.17) is 9.47 Å². The van der Waals surface area contributed by atoms with Crippen molar-refractivity contribution in [2.75, 3.05) is 20.1 Å². The van der Waals surface area contributed by atoms with Gasteiger partial charge in [-0.25, -0.2) is 0 Å². The van der Waals surface area contributed by atoms with Crippen LogP contribution in [0.2, 0.25) is 0 Å². The van der Waals surface area contributed by atoms with Crippen LogP contribution in [0.5, 0.6) is 0 Å². The molecule has 0 bridgehead atoms. The maximum Gasteiger partial charge on any atom is 0.170 e. The molecule has 1 spiro atoms. The van der Waals surface area contributed by atoms with E-state index in [2.05, 4.69) is 74.4 Å². The Morgan fingerprint density at radius 2 is 0.833 bits per heavy atom. The third-order valence-corrected chi connectivity index (χ3v) is 11.2. The molecule has 3 fully saturated rings. The molecule has 2 atom stereocenters. The smallest absolute Gasteiger partial charge is 0.170 e. The van der Waals surface area contributed by atoms with Crippen LogP contribution in [0.25, 0.3) is 0 Å². The van der Waals surface area contributed by atoms with Crippen molar-refractivity contribution >= 4 is 0 Å². The van der Waals surface area contributed by atoms with Crippen molar-refractivity contribution in [1.29, 1.82) is 0 Å². The third-order valence-electron chi connectivity index (χ3n) is 11.2. The fourth-order valence-electron chi connectivity index (χ4n) is 8.44. The number of nitrogens with zero attached hydrogens (tertiary/aromatic N) is 1. The predicted molar refractivity (Wildman–Crippen MR) is 210 cm³/mol. The van der Waals surface area contributed by atoms with Crippen molar-refractivity contribution in [2.24, 2.45) is 5.41 Å². The number of ether oxygens (including phenoxy) is 2.